The van der Waals surface area contributed by atoms with Gasteiger partial charge in [-0.15, -0.1) is 0 Å². The molecule has 0 aromatic rings. The summed E-state index contributed by atoms with van der Waals surface area (Å²) in [5, 5.41) is 12.8. The first-order valence-corrected chi connectivity index (χ1v) is 4.86. The van der Waals surface area contributed by atoms with Gasteiger partial charge in [0.2, 0.25) is 0 Å². The summed E-state index contributed by atoms with van der Waals surface area (Å²) in [6, 6.07) is 0.352. The number of likely N-dealkylation sites (N-methyl/N-ethyl adjacent to an activating group) is 1. The molecular weight excluding hydrogens is 152 g/mol. The van der Waals surface area contributed by atoms with E-state index < -0.39 is 0 Å². The van der Waals surface area contributed by atoms with Gasteiger partial charge in [0, 0.05) is 25.7 Å². The molecule has 70 valence electrons. The van der Waals surface area contributed by atoms with Crippen molar-refractivity contribution < 1.29 is 5.11 Å². The molecule has 2 aliphatic rings. The Hall–Kier alpha value is -0.120. The fraction of sp³-hybridized carbons (Fsp3) is 1.00. The van der Waals surface area contributed by atoms with Crippen molar-refractivity contribution >= 4 is 0 Å². The van der Waals surface area contributed by atoms with Gasteiger partial charge in [-0.3, -0.25) is 4.90 Å². The van der Waals surface area contributed by atoms with Crippen LogP contribution in [0.3, 0.4) is 0 Å². The Balaban J connectivity index is 1.80. The fourth-order valence-corrected chi connectivity index (χ4v) is 1.94. The topological polar surface area (TPSA) is 35.5 Å². The molecule has 2 atom stereocenters. The molecule has 0 amide bonds. The van der Waals surface area contributed by atoms with Gasteiger partial charge in [0.25, 0.3) is 0 Å². The molecule has 1 saturated carbocycles. The Morgan fingerprint density at radius 2 is 2.17 bits per heavy atom. The summed E-state index contributed by atoms with van der Waals surface area (Å²) in [5.41, 5.74) is 0. The smallest absolute Gasteiger partial charge is 0.0831 e. The van der Waals surface area contributed by atoms with Crippen LogP contribution in [0.1, 0.15) is 12.8 Å². The standard InChI is InChI=1S/C9H18N2O/c1-11(6-7-2-3-7)8-4-10-5-9(8)12/h7-10,12H,2-6H2,1H3. The normalized spacial score (nSPS) is 36.2. The maximum atomic E-state index is 9.59. The lowest BCUT2D eigenvalue weighted by Crippen LogP contribution is -2.41. The van der Waals surface area contributed by atoms with Crippen LogP contribution < -0.4 is 5.32 Å². The average molecular weight is 170 g/mol. The van der Waals surface area contributed by atoms with E-state index in [1.54, 1.807) is 0 Å². The van der Waals surface area contributed by atoms with Crippen LogP contribution in [0, 0.1) is 5.92 Å². The first-order chi connectivity index (χ1) is 5.77. The molecule has 2 rings (SSSR count). The predicted octanol–water partition coefficient (Wildman–Crippen LogP) is -0.339. The minimum absolute atomic E-state index is 0.159. The molecule has 12 heavy (non-hydrogen) atoms. The molecule has 1 heterocycles. The van der Waals surface area contributed by atoms with Crippen molar-refractivity contribution in [2.75, 3.05) is 26.7 Å². The molecule has 0 spiro atoms. The van der Waals surface area contributed by atoms with Gasteiger partial charge in [-0.2, -0.15) is 0 Å². The van der Waals surface area contributed by atoms with Crippen molar-refractivity contribution in [3.8, 4) is 0 Å². The minimum Gasteiger partial charge on any atom is -0.390 e. The number of aliphatic hydroxyl groups is 1. The second-order valence-electron chi connectivity index (χ2n) is 4.18. The molecule has 2 unspecified atom stereocenters. The van der Waals surface area contributed by atoms with Crippen LogP contribution in [0.25, 0.3) is 0 Å². The van der Waals surface area contributed by atoms with Gasteiger partial charge in [0.05, 0.1) is 6.10 Å². The number of nitrogens with zero attached hydrogens (tertiary/aromatic N) is 1. The first-order valence-electron chi connectivity index (χ1n) is 4.86. The number of aliphatic hydroxyl groups excluding tert-OH is 1. The molecule has 0 bridgehead atoms. The van der Waals surface area contributed by atoms with Gasteiger partial charge in [0.1, 0.15) is 0 Å². The summed E-state index contributed by atoms with van der Waals surface area (Å²) in [6.07, 6.45) is 2.62. The highest BCUT2D eigenvalue weighted by molar-refractivity contribution is 4.89. The van der Waals surface area contributed by atoms with Gasteiger partial charge in [-0.05, 0) is 25.8 Å². The van der Waals surface area contributed by atoms with Crippen molar-refractivity contribution in [1.82, 2.24) is 10.2 Å². The molecule has 3 nitrogen and oxygen atoms in total. The minimum atomic E-state index is -0.159. The summed E-state index contributed by atoms with van der Waals surface area (Å²) in [4.78, 5) is 2.31. The second-order valence-corrected chi connectivity index (χ2v) is 4.18. The van der Waals surface area contributed by atoms with Crippen molar-refractivity contribution in [3.63, 3.8) is 0 Å². The van der Waals surface area contributed by atoms with Crippen LogP contribution in [-0.4, -0.2) is 48.8 Å². The van der Waals surface area contributed by atoms with Gasteiger partial charge in [-0.25, -0.2) is 0 Å². The zero-order chi connectivity index (χ0) is 8.55. The van der Waals surface area contributed by atoms with E-state index in [1.165, 1.54) is 19.4 Å². The van der Waals surface area contributed by atoms with Crippen LogP contribution in [0.15, 0.2) is 0 Å². The SMILES string of the molecule is CN(CC1CC1)C1CNCC1O. The van der Waals surface area contributed by atoms with Crippen LogP contribution in [-0.2, 0) is 0 Å². The van der Waals surface area contributed by atoms with Crippen molar-refractivity contribution in [2.24, 2.45) is 5.92 Å². The molecule has 0 radical (unpaired) electrons. The van der Waals surface area contributed by atoms with Gasteiger partial charge in [0.15, 0.2) is 0 Å². The molecule has 2 N–H and O–H groups in total. The highest BCUT2D eigenvalue weighted by atomic mass is 16.3. The van der Waals surface area contributed by atoms with Crippen molar-refractivity contribution in [1.29, 1.82) is 0 Å². The van der Waals surface area contributed by atoms with E-state index in [-0.39, 0.29) is 6.10 Å². The van der Waals surface area contributed by atoms with E-state index in [0.717, 1.165) is 19.0 Å². The lowest BCUT2D eigenvalue weighted by atomic mass is 10.2. The van der Waals surface area contributed by atoms with E-state index in [1.807, 2.05) is 0 Å². The summed E-state index contributed by atoms with van der Waals surface area (Å²) in [7, 11) is 2.12. The number of hydrogen-bond donors (Lipinski definition) is 2. The van der Waals surface area contributed by atoms with Crippen LogP contribution in [0.4, 0.5) is 0 Å². The number of β-amino-alcohol motifs (C(OH)–C–C–N with tert-alkyl or cyclic N) is 1. The zero-order valence-electron chi connectivity index (χ0n) is 7.66. The molecule has 1 aliphatic heterocycles. The Labute approximate surface area is 73.8 Å². The van der Waals surface area contributed by atoms with Gasteiger partial charge < -0.3 is 10.4 Å². The quantitative estimate of drug-likeness (QED) is 0.608. The van der Waals surface area contributed by atoms with Crippen molar-refractivity contribution in [2.45, 2.75) is 25.0 Å². The fourth-order valence-electron chi connectivity index (χ4n) is 1.94. The Kier molecular flexibility index (Phi) is 2.35. The Bertz CT molecular complexity index is 159. The van der Waals surface area contributed by atoms with E-state index in [0.29, 0.717) is 6.04 Å². The first kappa shape index (κ1) is 8.48. The molecule has 2 fully saturated rings. The second kappa shape index (κ2) is 3.32. The third kappa shape index (κ3) is 1.79. The lowest BCUT2D eigenvalue weighted by Gasteiger charge is -2.25. The van der Waals surface area contributed by atoms with Crippen LogP contribution >= 0.6 is 0 Å². The van der Waals surface area contributed by atoms with E-state index in [9.17, 15) is 5.11 Å². The van der Waals surface area contributed by atoms with E-state index >= 15 is 0 Å². The third-order valence-corrected chi connectivity index (χ3v) is 2.96. The number of nitrogens with one attached hydrogen (secondary N) is 1. The summed E-state index contributed by atoms with van der Waals surface area (Å²) in [6.45, 7) is 2.88. The largest absolute Gasteiger partial charge is 0.390 e. The maximum Gasteiger partial charge on any atom is 0.0831 e. The molecule has 0 aromatic heterocycles. The maximum absolute atomic E-state index is 9.59. The third-order valence-electron chi connectivity index (χ3n) is 2.96. The zero-order valence-corrected chi connectivity index (χ0v) is 7.66. The van der Waals surface area contributed by atoms with E-state index in [2.05, 4.69) is 17.3 Å². The number of rotatable bonds is 3. The lowest BCUT2D eigenvalue weighted by molar-refractivity contribution is 0.0968. The Morgan fingerprint density at radius 3 is 2.67 bits per heavy atom. The highest BCUT2D eigenvalue weighted by Gasteiger charge is 2.31. The molecule has 0 aromatic carbocycles. The molecular formula is C9H18N2O. The summed E-state index contributed by atoms with van der Waals surface area (Å²) in [5.74, 6) is 0.919. The molecule has 1 saturated heterocycles. The molecule has 3 heteroatoms. The van der Waals surface area contributed by atoms with Crippen molar-refractivity contribution in [3.05, 3.63) is 0 Å². The van der Waals surface area contributed by atoms with Crippen LogP contribution in [0.5, 0.6) is 0 Å². The number of hydrogen-bond acceptors (Lipinski definition) is 3. The molecule has 1 aliphatic carbocycles. The summed E-state index contributed by atoms with van der Waals surface area (Å²) < 4.78 is 0. The van der Waals surface area contributed by atoms with Gasteiger partial charge >= 0.3 is 0 Å². The summed E-state index contributed by atoms with van der Waals surface area (Å²) >= 11 is 0. The monoisotopic (exact) mass is 170 g/mol. The van der Waals surface area contributed by atoms with E-state index in [4.69, 9.17) is 0 Å². The average Bonchev–Trinajstić information content (AvgIpc) is 2.72. The van der Waals surface area contributed by atoms with Gasteiger partial charge in [-0.1, -0.05) is 0 Å². The predicted molar refractivity (Wildman–Crippen MR) is 48.0 cm³/mol. The Morgan fingerprint density at radius 1 is 1.42 bits per heavy atom. The van der Waals surface area contributed by atoms with Crippen LogP contribution in [0.2, 0.25) is 0 Å². The highest BCUT2D eigenvalue weighted by Crippen LogP contribution is 2.30.